The average molecular weight is 375 g/mol. The zero-order chi connectivity index (χ0) is 16.0. The van der Waals surface area contributed by atoms with Crippen molar-refractivity contribution in [3.63, 3.8) is 0 Å². The lowest BCUT2D eigenvalue weighted by Gasteiger charge is -2.22. The van der Waals surface area contributed by atoms with Crippen molar-refractivity contribution in [1.82, 2.24) is 9.88 Å². The number of nitrogens with zero attached hydrogens (tertiary/aromatic N) is 1. The van der Waals surface area contributed by atoms with Crippen LogP contribution < -0.4 is 10.7 Å². The number of aromatic nitrogens is 1. The molecule has 23 heavy (non-hydrogen) atoms. The molecule has 0 radical (unpaired) electrons. The molecular formula is C18H19BrN2O2. The number of hydrogen-bond acceptors (Lipinski definition) is 2. The van der Waals surface area contributed by atoms with E-state index in [4.69, 9.17) is 0 Å². The first kappa shape index (κ1) is 14.9. The van der Waals surface area contributed by atoms with Crippen molar-refractivity contribution in [2.75, 3.05) is 0 Å². The van der Waals surface area contributed by atoms with E-state index < -0.39 is 0 Å². The molecule has 5 heteroatoms. The highest BCUT2D eigenvalue weighted by molar-refractivity contribution is 9.10. The Morgan fingerprint density at radius 1 is 1.22 bits per heavy atom. The SMILES string of the molecule is O=C(NC1CCCCC1)c1cn2c3c(cc(Br)cc3c1=O)CC2. The van der Waals surface area contributed by atoms with Gasteiger partial charge in [-0.15, -0.1) is 0 Å². The summed E-state index contributed by atoms with van der Waals surface area (Å²) in [5, 5.41) is 3.70. The fourth-order valence-electron chi connectivity index (χ4n) is 3.87. The molecule has 4 nitrogen and oxygen atoms in total. The molecule has 2 heterocycles. The Labute approximate surface area is 143 Å². The highest BCUT2D eigenvalue weighted by Crippen LogP contribution is 2.28. The molecular weight excluding hydrogens is 356 g/mol. The summed E-state index contributed by atoms with van der Waals surface area (Å²) in [4.78, 5) is 25.4. The number of carbonyl (C=O) groups is 1. The molecule has 120 valence electrons. The van der Waals surface area contributed by atoms with Crippen LogP contribution in [0.4, 0.5) is 0 Å². The monoisotopic (exact) mass is 374 g/mol. The molecule has 1 aliphatic carbocycles. The Balaban J connectivity index is 1.75. The van der Waals surface area contributed by atoms with Crippen LogP contribution in [0, 0.1) is 0 Å². The average Bonchev–Trinajstić information content (AvgIpc) is 2.94. The first-order valence-electron chi connectivity index (χ1n) is 8.30. The molecule has 1 fully saturated rings. The smallest absolute Gasteiger partial charge is 0.256 e. The lowest BCUT2D eigenvalue weighted by Crippen LogP contribution is -2.38. The topological polar surface area (TPSA) is 51.1 Å². The molecule has 4 rings (SSSR count). The Bertz CT molecular complexity index is 850. The fourth-order valence-corrected chi connectivity index (χ4v) is 4.38. The number of amides is 1. The van der Waals surface area contributed by atoms with Gasteiger partial charge in [-0.05, 0) is 37.0 Å². The summed E-state index contributed by atoms with van der Waals surface area (Å²) in [5.74, 6) is -0.221. The maximum Gasteiger partial charge on any atom is 0.256 e. The van der Waals surface area contributed by atoms with Crippen molar-refractivity contribution in [1.29, 1.82) is 0 Å². The van der Waals surface area contributed by atoms with Gasteiger partial charge >= 0.3 is 0 Å². The van der Waals surface area contributed by atoms with Crippen LogP contribution in [-0.2, 0) is 13.0 Å². The third kappa shape index (κ3) is 2.61. The van der Waals surface area contributed by atoms with Crippen molar-refractivity contribution < 1.29 is 4.79 Å². The van der Waals surface area contributed by atoms with Crippen LogP contribution in [0.3, 0.4) is 0 Å². The molecule has 0 unspecified atom stereocenters. The summed E-state index contributed by atoms with van der Waals surface area (Å²) in [6.45, 7) is 0.826. The molecule has 0 atom stereocenters. The van der Waals surface area contributed by atoms with Crippen molar-refractivity contribution in [3.05, 3.63) is 44.2 Å². The van der Waals surface area contributed by atoms with Gasteiger partial charge in [0, 0.05) is 28.6 Å². The van der Waals surface area contributed by atoms with E-state index in [9.17, 15) is 9.59 Å². The van der Waals surface area contributed by atoms with E-state index in [1.807, 2.05) is 10.6 Å². The van der Waals surface area contributed by atoms with Crippen molar-refractivity contribution >= 4 is 32.7 Å². The third-order valence-corrected chi connectivity index (χ3v) is 5.48. The van der Waals surface area contributed by atoms with Crippen molar-refractivity contribution in [3.8, 4) is 0 Å². The Morgan fingerprint density at radius 2 is 2.00 bits per heavy atom. The highest BCUT2D eigenvalue weighted by Gasteiger charge is 2.23. The van der Waals surface area contributed by atoms with Crippen LogP contribution in [0.5, 0.6) is 0 Å². The number of hydrogen-bond donors (Lipinski definition) is 1. The van der Waals surface area contributed by atoms with E-state index >= 15 is 0 Å². The zero-order valence-corrected chi connectivity index (χ0v) is 14.5. The first-order valence-corrected chi connectivity index (χ1v) is 9.09. The van der Waals surface area contributed by atoms with Crippen LogP contribution in [0.1, 0.15) is 48.0 Å². The van der Waals surface area contributed by atoms with Crippen molar-refractivity contribution in [2.24, 2.45) is 0 Å². The van der Waals surface area contributed by atoms with E-state index in [2.05, 4.69) is 27.3 Å². The van der Waals surface area contributed by atoms with E-state index in [-0.39, 0.29) is 22.9 Å². The van der Waals surface area contributed by atoms with Gasteiger partial charge in [0.1, 0.15) is 5.56 Å². The number of carbonyl (C=O) groups excluding carboxylic acids is 1. The first-order chi connectivity index (χ1) is 11.1. The minimum Gasteiger partial charge on any atom is -0.349 e. The van der Waals surface area contributed by atoms with Gasteiger partial charge < -0.3 is 9.88 Å². The van der Waals surface area contributed by atoms with Gasteiger partial charge in [0.2, 0.25) is 5.43 Å². The molecule has 1 saturated carbocycles. The van der Waals surface area contributed by atoms with Gasteiger partial charge in [-0.1, -0.05) is 35.2 Å². The Kier molecular flexibility index (Phi) is 3.76. The van der Waals surface area contributed by atoms with Crippen LogP contribution in [0.2, 0.25) is 0 Å². The van der Waals surface area contributed by atoms with Crippen LogP contribution in [0.25, 0.3) is 10.9 Å². The zero-order valence-electron chi connectivity index (χ0n) is 12.9. The molecule has 0 bridgehead atoms. The summed E-state index contributed by atoms with van der Waals surface area (Å²) in [6.07, 6.45) is 8.24. The fraction of sp³-hybridized carbons (Fsp3) is 0.444. The molecule has 1 amide bonds. The summed E-state index contributed by atoms with van der Waals surface area (Å²) >= 11 is 3.47. The summed E-state index contributed by atoms with van der Waals surface area (Å²) in [6, 6.07) is 4.11. The van der Waals surface area contributed by atoms with Gasteiger partial charge in [-0.3, -0.25) is 9.59 Å². The highest BCUT2D eigenvalue weighted by atomic mass is 79.9. The molecule has 1 aromatic carbocycles. The predicted molar refractivity (Wildman–Crippen MR) is 94.0 cm³/mol. The second-order valence-corrected chi connectivity index (χ2v) is 7.50. The van der Waals surface area contributed by atoms with Crippen LogP contribution >= 0.6 is 15.9 Å². The minimum atomic E-state index is -0.221. The van der Waals surface area contributed by atoms with Gasteiger partial charge in [-0.25, -0.2) is 0 Å². The minimum absolute atomic E-state index is 0.158. The summed E-state index contributed by atoms with van der Waals surface area (Å²) in [7, 11) is 0. The van der Waals surface area contributed by atoms with Gasteiger partial charge in [0.15, 0.2) is 0 Å². The number of rotatable bonds is 2. The number of aryl methyl sites for hydroxylation is 2. The van der Waals surface area contributed by atoms with Crippen molar-refractivity contribution in [2.45, 2.75) is 51.1 Å². The van der Waals surface area contributed by atoms with Gasteiger partial charge in [-0.2, -0.15) is 0 Å². The van der Waals surface area contributed by atoms with E-state index in [1.54, 1.807) is 6.20 Å². The molecule has 1 aromatic heterocycles. The van der Waals surface area contributed by atoms with Gasteiger partial charge in [0.05, 0.1) is 5.52 Å². The van der Waals surface area contributed by atoms with E-state index in [1.165, 1.54) is 12.0 Å². The van der Waals surface area contributed by atoms with E-state index in [0.717, 1.165) is 48.6 Å². The van der Waals surface area contributed by atoms with E-state index in [0.29, 0.717) is 5.39 Å². The largest absolute Gasteiger partial charge is 0.349 e. The van der Waals surface area contributed by atoms with Crippen LogP contribution in [0.15, 0.2) is 27.6 Å². The molecule has 0 spiro atoms. The Hall–Kier alpha value is -1.62. The quantitative estimate of drug-likeness (QED) is 0.875. The number of halogens is 1. The second kappa shape index (κ2) is 5.78. The third-order valence-electron chi connectivity index (χ3n) is 5.02. The molecule has 1 aliphatic heterocycles. The second-order valence-electron chi connectivity index (χ2n) is 6.58. The Morgan fingerprint density at radius 3 is 2.78 bits per heavy atom. The normalized spacial score (nSPS) is 17.6. The molecule has 2 aromatic rings. The number of pyridine rings is 1. The predicted octanol–water partition coefficient (Wildman–Crippen LogP) is 3.38. The molecule has 2 aliphatic rings. The lowest BCUT2D eigenvalue weighted by molar-refractivity contribution is 0.0926. The molecule has 1 N–H and O–H groups in total. The summed E-state index contributed by atoms with van der Waals surface area (Å²) in [5.41, 5.74) is 2.26. The van der Waals surface area contributed by atoms with Crippen LogP contribution in [-0.4, -0.2) is 16.5 Å². The lowest BCUT2D eigenvalue weighted by atomic mass is 9.95. The maximum absolute atomic E-state index is 12.8. The molecule has 0 saturated heterocycles. The maximum atomic E-state index is 12.8. The number of nitrogens with one attached hydrogen (secondary N) is 1. The van der Waals surface area contributed by atoms with Gasteiger partial charge in [0.25, 0.3) is 5.91 Å². The summed E-state index contributed by atoms with van der Waals surface area (Å²) < 4.78 is 2.95. The standard InChI is InChI=1S/C18H19BrN2O2/c19-12-8-11-6-7-21-10-15(17(22)14(9-12)16(11)21)18(23)20-13-4-2-1-3-5-13/h8-10,13H,1-7H2,(H,20,23). The number of benzene rings is 1.